The van der Waals surface area contributed by atoms with Crippen LogP contribution in [0.2, 0.25) is 0 Å². The maximum atomic E-state index is 15.0. The van der Waals surface area contributed by atoms with Gasteiger partial charge in [-0.25, -0.2) is 13.8 Å². The van der Waals surface area contributed by atoms with Crippen LogP contribution in [0.15, 0.2) is 73.2 Å². The lowest BCUT2D eigenvalue weighted by Crippen LogP contribution is -2.31. The van der Waals surface area contributed by atoms with Crippen LogP contribution in [0.25, 0.3) is 27.7 Å². The lowest BCUT2D eigenvalue weighted by molar-refractivity contribution is 0.302. The molecule has 190 valence electrons. The van der Waals surface area contributed by atoms with Gasteiger partial charge in [0.15, 0.2) is 11.5 Å². The van der Waals surface area contributed by atoms with E-state index in [1.54, 1.807) is 22.9 Å². The highest BCUT2D eigenvalue weighted by Gasteiger charge is 2.13. The first-order valence-electron chi connectivity index (χ1n) is 12.8. The van der Waals surface area contributed by atoms with E-state index in [2.05, 4.69) is 40.1 Å². The Hall–Kier alpha value is -3.68. The third-order valence-electron chi connectivity index (χ3n) is 6.89. The molecule has 5 nitrogen and oxygen atoms in total. The molecule has 0 aliphatic rings. The predicted molar refractivity (Wildman–Crippen MR) is 145 cm³/mol. The number of nitrogens with zero attached hydrogens (tertiary/aromatic N) is 4. The zero-order chi connectivity index (χ0) is 25.8. The summed E-state index contributed by atoms with van der Waals surface area (Å²) in [5.41, 5.74) is 4.95. The zero-order valence-electron chi connectivity index (χ0n) is 21.2. The van der Waals surface area contributed by atoms with Gasteiger partial charge in [0.1, 0.15) is 5.82 Å². The first-order chi connectivity index (χ1) is 18.1. The first-order valence-corrected chi connectivity index (χ1v) is 12.8. The molecule has 3 aromatic heterocycles. The maximum absolute atomic E-state index is 15.0. The van der Waals surface area contributed by atoms with Crippen LogP contribution in [0.3, 0.4) is 0 Å². The molecule has 0 unspecified atom stereocenters. The highest BCUT2D eigenvalue weighted by Crippen LogP contribution is 2.26. The molecule has 37 heavy (non-hydrogen) atoms. The van der Waals surface area contributed by atoms with Gasteiger partial charge in [0, 0.05) is 66.9 Å². The number of fused-ring (bicyclic) bond motifs is 2. The molecule has 0 radical (unpaired) electrons. The van der Waals surface area contributed by atoms with Crippen molar-refractivity contribution < 1.29 is 8.78 Å². The average Bonchev–Trinajstić information content (AvgIpc) is 3.32. The summed E-state index contributed by atoms with van der Waals surface area (Å²) in [6.07, 6.45) is 5.89. The SMILES string of the molecule is CCN(CC)CCNCc1ccc(-c2cc(F)c3ncc(Cc4ccc5ncccc5c4)n3c2)cc1F. The van der Waals surface area contributed by atoms with Gasteiger partial charge in [-0.2, -0.15) is 0 Å². The van der Waals surface area contributed by atoms with E-state index in [1.807, 2.05) is 36.5 Å². The van der Waals surface area contributed by atoms with E-state index in [1.165, 1.54) is 12.1 Å². The van der Waals surface area contributed by atoms with Gasteiger partial charge in [-0.15, -0.1) is 0 Å². The molecule has 2 aromatic carbocycles. The van der Waals surface area contributed by atoms with Crippen molar-refractivity contribution >= 4 is 16.6 Å². The molecule has 0 spiro atoms. The van der Waals surface area contributed by atoms with Gasteiger partial charge in [0.05, 0.1) is 5.52 Å². The Morgan fingerprint density at radius 1 is 0.919 bits per heavy atom. The summed E-state index contributed by atoms with van der Waals surface area (Å²) in [4.78, 5) is 11.0. The number of halogens is 2. The first kappa shape index (κ1) is 25.0. The Bertz CT molecular complexity index is 1520. The van der Waals surface area contributed by atoms with E-state index in [4.69, 9.17) is 0 Å². The second kappa shape index (κ2) is 11.2. The molecule has 0 aliphatic carbocycles. The average molecular weight is 500 g/mol. The molecule has 0 fully saturated rings. The number of nitrogens with one attached hydrogen (secondary N) is 1. The van der Waals surface area contributed by atoms with Crippen LogP contribution in [0.5, 0.6) is 0 Å². The number of hydrogen-bond donors (Lipinski definition) is 1. The van der Waals surface area contributed by atoms with E-state index in [0.29, 0.717) is 29.7 Å². The molecule has 0 atom stereocenters. The number of aromatic nitrogens is 3. The van der Waals surface area contributed by atoms with E-state index < -0.39 is 5.82 Å². The van der Waals surface area contributed by atoms with Crippen molar-refractivity contribution in [2.24, 2.45) is 0 Å². The van der Waals surface area contributed by atoms with E-state index in [9.17, 15) is 4.39 Å². The van der Waals surface area contributed by atoms with Gasteiger partial charge in [0.2, 0.25) is 0 Å². The molecular weight excluding hydrogens is 468 g/mol. The van der Waals surface area contributed by atoms with E-state index in [0.717, 1.165) is 48.3 Å². The van der Waals surface area contributed by atoms with Crippen molar-refractivity contribution in [2.45, 2.75) is 26.8 Å². The Labute approximate surface area is 215 Å². The quantitative estimate of drug-likeness (QED) is 0.245. The van der Waals surface area contributed by atoms with Gasteiger partial charge in [-0.1, -0.05) is 38.1 Å². The Balaban J connectivity index is 1.36. The third kappa shape index (κ3) is 5.53. The third-order valence-corrected chi connectivity index (χ3v) is 6.89. The van der Waals surface area contributed by atoms with Crippen molar-refractivity contribution in [1.29, 1.82) is 0 Å². The van der Waals surface area contributed by atoms with E-state index >= 15 is 4.39 Å². The molecule has 3 heterocycles. The monoisotopic (exact) mass is 499 g/mol. The number of rotatable bonds is 10. The molecule has 0 saturated heterocycles. The largest absolute Gasteiger partial charge is 0.311 e. The summed E-state index contributed by atoms with van der Waals surface area (Å²) in [6.45, 7) is 8.44. The standard InChI is InChI=1S/C30H31F2N5/c1-3-36(4-2)13-12-33-18-24-9-8-22(16-27(24)31)25-17-28(32)30-35-19-26(37(30)20-25)15-21-7-10-29-23(14-21)6-5-11-34-29/h5-11,14,16-17,19-20,33H,3-4,12-13,15,18H2,1-2H3. The van der Waals surface area contributed by atoms with Gasteiger partial charge >= 0.3 is 0 Å². The highest BCUT2D eigenvalue weighted by atomic mass is 19.1. The molecule has 1 N–H and O–H groups in total. The summed E-state index contributed by atoms with van der Waals surface area (Å²) in [7, 11) is 0. The molecule has 5 rings (SSSR count). The fourth-order valence-corrected chi connectivity index (χ4v) is 4.70. The second-order valence-electron chi connectivity index (χ2n) is 9.24. The topological polar surface area (TPSA) is 45.5 Å². The molecule has 5 aromatic rings. The smallest absolute Gasteiger partial charge is 0.173 e. The van der Waals surface area contributed by atoms with Crippen LogP contribution in [0.1, 0.15) is 30.7 Å². The summed E-state index contributed by atoms with van der Waals surface area (Å²) in [5, 5.41) is 4.37. The number of benzene rings is 2. The molecule has 0 saturated carbocycles. The van der Waals surface area contributed by atoms with Gasteiger partial charge in [-0.3, -0.25) is 4.98 Å². The fourth-order valence-electron chi connectivity index (χ4n) is 4.70. The minimum Gasteiger partial charge on any atom is -0.311 e. The van der Waals surface area contributed by atoms with Crippen molar-refractivity contribution in [3.8, 4) is 11.1 Å². The second-order valence-corrected chi connectivity index (χ2v) is 9.24. The minimum atomic E-state index is -0.436. The number of hydrogen-bond acceptors (Lipinski definition) is 4. The van der Waals surface area contributed by atoms with Crippen LogP contribution in [0.4, 0.5) is 8.78 Å². The van der Waals surface area contributed by atoms with Crippen molar-refractivity contribution in [3.63, 3.8) is 0 Å². The summed E-state index contributed by atoms with van der Waals surface area (Å²) < 4.78 is 31.7. The minimum absolute atomic E-state index is 0.260. The fraction of sp³-hybridized carbons (Fsp3) is 0.267. The van der Waals surface area contributed by atoms with Crippen molar-refractivity contribution in [1.82, 2.24) is 24.6 Å². The Kier molecular flexibility index (Phi) is 7.53. The lowest BCUT2D eigenvalue weighted by atomic mass is 10.0. The molecule has 0 aliphatic heterocycles. The van der Waals surface area contributed by atoms with Crippen molar-refractivity contribution in [2.75, 3.05) is 26.2 Å². The van der Waals surface area contributed by atoms with Crippen LogP contribution in [-0.4, -0.2) is 45.4 Å². The molecule has 0 amide bonds. The van der Waals surface area contributed by atoms with Crippen LogP contribution < -0.4 is 5.32 Å². The van der Waals surface area contributed by atoms with Gasteiger partial charge < -0.3 is 14.6 Å². The summed E-state index contributed by atoms with van der Waals surface area (Å²) in [5.74, 6) is -0.738. The molecule has 7 heteroatoms. The van der Waals surface area contributed by atoms with Crippen molar-refractivity contribution in [3.05, 3.63) is 102 Å². The lowest BCUT2D eigenvalue weighted by Gasteiger charge is -2.18. The van der Waals surface area contributed by atoms with Crippen LogP contribution in [0, 0.1) is 11.6 Å². The molecular formula is C30H31F2N5. The summed E-state index contributed by atoms with van der Waals surface area (Å²) >= 11 is 0. The highest BCUT2D eigenvalue weighted by molar-refractivity contribution is 5.79. The number of imidazole rings is 1. The van der Waals surface area contributed by atoms with Crippen LogP contribution >= 0.6 is 0 Å². The van der Waals surface area contributed by atoms with Gasteiger partial charge in [-0.05, 0) is 54.5 Å². The number of likely N-dealkylation sites (N-methyl/N-ethyl adjacent to an activating group) is 1. The molecule has 0 bridgehead atoms. The number of pyridine rings is 2. The van der Waals surface area contributed by atoms with Gasteiger partial charge in [0.25, 0.3) is 0 Å². The zero-order valence-corrected chi connectivity index (χ0v) is 21.2. The predicted octanol–water partition coefficient (Wildman–Crippen LogP) is 5.85. The Morgan fingerprint density at radius 3 is 2.57 bits per heavy atom. The van der Waals surface area contributed by atoms with Crippen LogP contribution in [-0.2, 0) is 13.0 Å². The summed E-state index contributed by atoms with van der Waals surface area (Å²) in [6, 6.07) is 16.6. The Morgan fingerprint density at radius 2 is 1.76 bits per heavy atom. The van der Waals surface area contributed by atoms with E-state index in [-0.39, 0.29) is 11.5 Å². The maximum Gasteiger partial charge on any atom is 0.173 e. The normalized spacial score (nSPS) is 11.7.